The summed E-state index contributed by atoms with van der Waals surface area (Å²) < 4.78 is 31.4. The average molecular weight is 334 g/mol. The van der Waals surface area contributed by atoms with E-state index in [2.05, 4.69) is 9.88 Å². The number of carbonyl (C=O) groups is 1. The van der Waals surface area contributed by atoms with Crippen molar-refractivity contribution in [3.63, 3.8) is 0 Å². The minimum atomic E-state index is -3.79. The van der Waals surface area contributed by atoms with E-state index in [1.165, 1.54) is 0 Å². The summed E-state index contributed by atoms with van der Waals surface area (Å²) in [5.41, 5.74) is 1.40. The Morgan fingerprint density at radius 2 is 2.04 bits per heavy atom. The molecule has 7 heteroatoms. The highest BCUT2D eigenvalue weighted by molar-refractivity contribution is 7.89. The molecule has 1 amide bonds. The Hall–Kier alpha value is -2.15. The number of hydrogen-bond donors (Lipinski definition) is 1. The molecule has 0 radical (unpaired) electrons. The number of rotatable bonds is 6. The van der Waals surface area contributed by atoms with Crippen LogP contribution in [0.2, 0.25) is 0 Å². The molecule has 0 unspecified atom stereocenters. The molecule has 1 heterocycles. The van der Waals surface area contributed by atoms with Gasteiger partial charge in [0, 0.05) is 17.5 Å². The fourth-order valence-corrected chi connectivity index (χ4v) is 3.48. The molecule has 3 rings (SSSR count). The number of aromatic nitrogens is 1. The Bertz CT molecular complexity index is 794. The molecule has 23 heavy (non-hydrogen) atoms. The maximum absolute atomic E-state index is 12.1. The van der Waals surface area contributed by atoms with Crippen LogP contribution in [0, 0.1) is 11.8 Å². The summed E-state index contributed by atoms with van der Waals surface area (Å²) in [4.78, 5) is 11.9. The molecule has 1 aliphatic rings. The summed E-state index contributed by atoms with van der Waals surface area (Å²) in [6.07, 6.45) is 1.97. The highest BCUT2D eigenvalue weighted by Crippen LogP contribution is 2.36. The molecule has 0 aliphatic heterocycles. The molecule has 0 saturated heterocycles. The van der Waals surface area contributed by atoms with E-state index < -0.39 is 21.7 Å². The number of nitrogens with zero attached hydrogens (tertiary/aromatic N) is 1. The van der Waals surface area contributed by atoms with Gasteiger partial charge in [0.05, 0.1) is 0 Å². The lowest BCUT2D eigenvalue weighted by Gasteiger charge is -2.10. The van der Waals surface area contributed by atoms with Crippen molar-refractivity contribution in [1.29, 1.82) is 0 Å². The summed E-state index contributed by atoms with van der Waals surface area (Å²) in [6, 6.07) is 10.9. The van der Waals surface area contributed by atoms with Crippen molar-refractivity contribution in [2.75, 3.05) is 0 Å². The average Bonchev–Trinajstić information content (AvgIpc) is 3.27. The topological polar surface area (TPSA) is 89.3 Å². The van der Waals surface area contributed by atoms with Gasteiger partial charge >= 0.3 is 0 Å². The fourth-order valence-electron chi connectivity index (χ4n) is 2.41. The van der Waals surface area contributed by atoms with Crippen LogP contribution in [0.25, 0.3) is 11.3 Å². The number of nitrogens with one attached hydrogen (secondary N) is 1. The van der Waals surface area contributed by atoms with Crippen LogP contribution in [-0.2, 0) is 20.6 Å². The van der Waals surface area contributed by atoms with Gasteiger partial charge in [-0.3, -0.25) is 9.52 Å². The lowest BCUT2D eigenvalue weighted by atomic mass is 10.1. The number of sulfonamides is 1. The van der Waals surface area contributed by atoms with Crippen molar-refractivity contribution < 1.29 is 17.7 Å². The zero-order valence-electron chi connectivity index (χ0n) is 12.7. The van der Waals surface area contributed by atoms with Crippen LogP contribution in [0.1, 0.15) is 25.5 Å². The van der Waals surface area contributed by atoms with Gasteiger partial charge in [0.1, 0.15) is 11.4 Å². The van der Waals surface area contributed by atoms with Crippen LogP contribution in [0.3, 0.4) is 0 Å². The van der Waals surface area contributed by atoms with Crippen molar-refractivity contribution >= 4 is 15.9 Å². The quantitative estimate of drug-likeness (QED) is 0.876. The molecule has 1 fully saturated rings. The van der Waals surface area contributed by atoms with E-state index in [1.807, 2.05) is 30.3 Å². The van der Waals surface area contributed by atoms with Crippen LogP contribution in [0.5, 0.6) is 0 Å². The maximum atomic E-state index is 12.1. The van der Waals surface area contributed by atoms with Crippen LogP contribution in [0.15, 0.2) is 40.9 Å². The van der Waals surface area contributed by atoms with Crippen molar-refractivity contribution in [2.45, 2.75) is 25.5 Å². The molecular formula is C16H18N2O4S. The van der Waals surface area contributed by atoms with E-state index in [4.69, 9.17) is 4.52 Å². The summed E-state index contributed by atoms with van der Waals surface area (Å²) >= 11 is 0. The summed E-state index contributed by atoms with van der Waals surface area (Å²) in [6.45, 7) is 1.75. The first-order valence-corrected chi connectivity index (χ1v) is 9.15. The smallest absolute Gasteiger partial charge is 0.242 e. The first kappa shape index (κ1) is 15.7. The SMILES string of the molecule is C[C@H](C(=O)NS(=O)(=O)Cc1cc(-c2ccccc2)no1)C1CC1. The summed E-state index contributed by atoms with van der Waals surface area (Å²) in [7, 11) is -3.79. The predicted octanol–water partition coefficient (Wildman–Crippen LogP) is 2.33. The Kier molecular flexibility index (Phi) is 4.21. The van der Waals surface area contributed by atoms with E-state index in [-0.39, 0.29) is 11.7 Å². The van der Waals surface area contributed by atoms with Gasteiger partial charge in [0.2, 0.25) is 15.9 Å². The molecular weight excluding hydrogens is 316 g/mol. The molecule has 1 aromatic carbocycles. The normalized spacial score (nSPS) is 16.0. The Labute approximate surface area is 134 Å². The van der Waals surface area contributed by atoms with Gasteiger partial charge in [-0.05, 0) is 18.8 Å². The van der Waals surface area contributed by atoms with Gasteiger partial charge in [-0.25, -0.2) is 8.42 Å². The number of carbonyl (C=O) groups excluding carboxylic acids is 1. The zero-order valence-corrected chi connectivity index (χ0v) is 13.5. The third kappa shape index (κ3) is 3.98. The van der Waals surface area contributed by atoms with E-state index in [0.717, 1.165) is 18.4 Å². The van der Waals surface area contributed by atoms with E-state index >= 15 is 0 Å². The highest BCUT2D eigenvalue weighted by Gasteiger charge is 2.34. The highest BCUT2D eigenvalue weighted by atomic mass is 32.2. The van der Waals surface area contributed by atoms with Crippen molar-refractivity contribution in [1.82, 2.24) is 9.88 Å². The van der Waals surface area contributed by atoms with Crippen LogP contribution in [-0.4, -0.2) is 19.5 Å². The minimum absolute atomic E-state index is 0.197. The van der Waals surface area contributed by atoms with E-state index in [9.17, 15) is 13.2 Å². The molecule has 1 aromatic heterocycles. The van der Waals surface area contributed by atoms with Crippen molar-refractivity contribution in [2.24, 2.45) is 11.8 Å². The maximum Gasteiger partial charge on any atom is 0.242 e. The van der Waals surface area contributed by atoms with E-state index in [1.54, 1.807) is 13.0 Å². The summed E-state index contributed by atoms with van der Waals surface area (Å²) in [5.74, 6) is -0.631. The molecule has 0 bridgehead atoms. The Morgan fingerprint density at radius 1 is 1.35 bits per heavy atom. The second-order valence-electron chi connectivity index (χ2n) is 5.90. The molecule has 0 spiro atoms. The first-order valence-electron chi connectivity index (χ1n) is 7.50. The van der Waals surface area contributed by atoms with Gasteiger partial charge in [-0.15, -0.1) is 0 Å². The van der Waals surface area contributed by atoms with Gasteiger partial charge in [0.15, 0.2) is 5.76 Å². The van der Waals surface area contributed by atoms with Crippen LogP contribution >= 0.6 is 0 Å². The number of benzene rings is 1. The Morgan fingerprint density at radius 3 is 2.70 bits per heavy atom. The molecule has 122 valence electrons. The third-order valence-electron chi connectivity index (χ3n) is 3.96. The fraction of sp³-hybridized carbons (Fsp3) is 0.375. The van der Waals surface area contributed by atoms with Crippen molar-refractivity contribution in [3.05, 3.63) is 42.2 Å². The molecule has 6 nitrogen and oxygen atoms in total. The minimum Gasteiger partial charge on any atom is -0.360 e. The largest absolute Gasteiger partial charge is 0.360 e. The molecule has 1 saturated carbocycles. The molecule has 1 aliphatic carbocycles. The second-order valence-corrected chi connectivity index (χ2v) is 7.62. The standard InChI is InChI=1S/C16H18N2O4S/c1-11(12-7-8-12)16(19)18-23(20,21)10-14-9-15(17-22-14)13-5-3-2-4-6-13/h2-6,9,11-12H,7-8,10H2,1H3,(H,18,19)/t11-/m0/s1. The number of amides is 1. The predicted molar refractivity (Wildman–Crippen MR) is 84.6 cm³/mol. The lowest BCUT2D eigenvalue weighted by Crippen LogP contribution is -2.36. The second kappa shape index (κ2) is 6.16. The molecule has 1 atom stereocenters. The third-order valence-corrected chi connectivity index (χ3v) is 5.14. The monoisotopic (exact) mass is 334 g/mol. The van der Waals surface area contributed by atoms with Crippen LogP contribution in [0.4, 0.5) is 0 Å². The Balaban J connectivity index is 1.66. The van der Waals surface area contributed by atoms with Crippen molar-refractivity contribution in [3.8, 4) is 11.3 Å². The summed E-state index contributed by atoms with van der Waals surface area (Å²) in [5, 5.41) is 3.87. The van der Waals surface area contributed by atoms with Gasteiger partial charge < -0.3 is 4.52 Å². The zero-order chi connectivity index (χ0) is 16.4. The van der Waals surface area contributed by atoms with Crippen LogP contribution < -0.4 is 4.72 Å². The molecule has 1 N–H and O–H groups in total. The van der Waals surface area contributed by atoms with Gasteiger partial charge in [0.25, 0.3) is 0 Å². The van der Waals surface area contributed by atoms with Gasteiger partial charge in [-0.2, -0.15) is 0 Å². The lowest BCUT2D eigenvalue weighted by molar-refractivity contribution is -0.123. The number of hydrogen-bond acceptors (Lipinski definition) is 5. The molecule has 2 aromatic rings. The van der Waals surface area contributed by atoms with E-state index in [0.29, 0.717) is 11.6 Å². The van der Waals surface area contributed by atoms with Gasteiger partial charge in [-0.1, -0.05) is 42.4 Å². The first-order chi connectivity index (χ1) is 10.9.